The quantitative estimate of drug-likeness (QED) is 0.796. The molecule has 0 bridgehead atoms. The Labute approximate surface area is 117 Å². The third-order valence-electron chi connectivity index (χ3n) is 3.79. The zero-order valence-corrected chi connectivity index (χ0v) is 11.1. The summed E-state index contributed by atoms with van der Waals surface area (Å²) in [4.78, 5) is 18.7. The lowest BCUT2D eigenvalue weighted by atomic mass is 10.0. The van der Waals surface area contributed by atoms with Crippen molar-refractivity contribution in [1.82, 2.24) is 9.88 Å². The average Bonchev–Trinajstić information content (AvgIpc) is 2.53. The standard InChI is InChI=1S/C16H15N3O/c17-11-12-5-1-2-10-19(12)16(20)14-6-3-8-15-13(14)7-4-9-18-15/h3-4,6-9,12H,1-2,5,10H2. The Kier molecular flexibility index (Phi) is 3.34. The number of benzene rings is 1. The number of amides is 1. The van der Waals surface area contributed by atoms with Gasteiger partial charge >= 0.3 is 0 Å². The molecule has 0 saturated carbocycles. The Morgan fingerprint density at radius 1 is 1.30 bits per heavy atom. The van der Waals surface area contributed by atoms with E-state index in [0.29, 0.717) is 12.1 Å². The van der Waals surface area contributed by atoms with Crippen LogP contribution >= 0.6 is 0 Å². The van der Waals surface area contributed by atoms with Crippen molar-refractivity contribution in [3.05, 3.63) is 42.1 Å². The molecule has 1 amide bonds. The molecule has 2 aromatic rings. The molecule has 1 fully saturated rings. The lowest BCUT2D eigenvalue weighted by Gasteiger charge is -2.31. The van der Waals surface area contributed by atoms with Gasteiger partial charge in [-0.05, 0) is 37.5 Å². The molecular formula is C16H15N3O. The van der Waals surface area contributed by atoms with E-state index in [0.717, 1.165) is 30.2 Å². The normalized spacial score (nSPS) is 18.8. The van der Waals surface area contributed by atoms with Crippen LogP contribution in [0.3, 0.4) is 0 Å². The van der Waals surface area contributed by atoms with E-state index in [4.69, 9.17) is 0 Å². The predicted molar refractivity (Wildman–Crippen MR) is 76.0 cm³/mol. The first kappa shape index (κ1) is 12.6. The first-order valence-corrected chi connectivity index (χ1v) is 6.85. The maximum absolute atomic E-state index is 12.7. The highest BCUT2D eigenvalue weighted by atomic mass is 16.2. The minimum Gasteiger partial charge on any atom is -0.323 e. The summed E-state index contributed by atoms with van der Waals surface area (Å²) in [7, 11) is 0. The largest absolute Gasteiger partial charge is 0.323 e. The number of aromatic nitrogens is 1. The number of carbonyl (C=O) groups excluding carboxylic acids is 1. The van der Waals surface area contributed by atoms with Crippen LogP contribution in [0.4, 0.5) is 0 Å². The summed E-state index contributed by atoms with van der Waals surface area (Å²) in [6.07, 6.45) is 4.47. The van der Waals surface area contributed by atoms with Crippen LogP contribution in [-0.2, 0) is 0 Å². The van der Waals surface area contributed by atoms with Crippen molar-refractivity contribution < 1.29 is 4.79 Å². The number of nitriles is 1. The van der Waals surface area contributed by atoms with E-state index in [2.05, 4.69) is 11.1 Å². The number of pyridine rings is 1. The van der Waals surface area contributed by atoms with Crippen LogP contribution in [0.1, 0.15) is 29.6 Å². The molecule has 0 radical (unpaired) electrons. The number of likely N-dealkylation sites (tertiary alicyclic amines) is 1. The summed E-state index contributed by atoms with van der Waals surface area (Å²) < 4.78 is 0. The van der Waals surface area contributed by atoms with Gasteiger partial charge in [-0.15, -0.1) is 0 Å². The zero-order chi connectivity index (χ0) is 13.9. The second-order valence-electron chi connectivity index (χ2n) is 5.01. The van der Waals surface area contributed by atoms with Gasteiger partial charge in [-0.25, -0.2) is 0 Å². The molecule has 0 aliphatic carbocycles. The molecule has 1 aliphatic heterocycles. The summed E-state index contributed by atoms with van der Waals surface area (Å²) in [5.41, 5.74) is 1.45. The molecule has 2 heterocycles. The topological polar surface area (TPSA) is 57.0 Å². The molecule has 1 unspecified atom stereocenters. The van der Waals surface area contributed by atoms with Gasteiger partial charge in [0.15, 0.2) is 0 Å². The fourth-order valence-electron chi connectivity index (χ4n) is 2.75. The number of piperidine rings is 1. The highest BCUT2D eigenvalue weighted by molar-refractivity contribution is 6.06. The average molecular weight is 265 g/mol. The van der Waals surface area contributed by atoms with Gasteiger partial charge in [-0.3, -0.25) is 9.78 Å². The van der Waals surface area contributed by atoms with Gasteiger partial charge in [0.25, 0.3) is 5.91 Å². The number of carbonyl (C=O) groups is 1. The molecule has 1 aromatic heterocycles. The SMILES string of the molecule is N#CC1CCCCN1C(=O)c1cccc2ncccc12. The number of hydrogen-bond donors (Lipinski definition) is 0. The van der Waals surface area contributed by atoms with Crippen LogP contribution in [0.5, 0.6) is 0 Å². The van der Waals surface area contributed by atoms with E-state index in [1.54, 1.807) is 11.1 Å². The number of fused-ring (bicyclic) bond motifs is 1. The van der Waals surface area contributed by atoms with E-state index < -0.39 is 0 Å². The zero-order valence-electron chi connectivity index (χ0n) is 11.1. The molecule has 4 heteroatoms. The van der Waals surface area contributed by atoms with Crippen molar-refractivity contribution >= 4 is 16.8 Å². The van der Waals surface area contributed by atoms with Gasteiger partial charge in [-0.2, -0.15) is 5.26 Å². The Bertz CT molecular complexity index is 684. The van der Waals surface area contributed by atoms with Gasteiger partial charge in [-0.1, -0.05) is 12.1 Å². The van der Waals surface area contributed by atoms with Gasteiger partial charge in [0.05, 0.1) is 11.6 Å². The van der Waals surface area contributed by atoms with Crippen LogP contribution in [0.2, 0.25) is 0 Å². The molecule has 0 N–H and O–H groups in total. The summed E-state index contributed by atoms with van der Waals surface area (Å²) in [5, 5.41) is 10.1. The summed E-state index contributed by atoms with van der Waals surface area (Å²) in [5.74, 6) is -0.0603. The first-order chi connectivity index (χ1) is 9.81. The first-order valence-electron chi connectivity index (χ1n) is 6.85. The lowest BCUT2D eigenvalue weighted by Crippen LogP contribution is -2.43. The summed E-state index contributed by atoms with van der Waals surface area (Å²) in [6.45, 7) is 0.660. The number of rotatable bonds is 1. The van der Waals surface area contributed by atoms with E-state index >= 15 is 0 Å². The van der Waals surface area contributed by atoms with Crippen molar-refractivity contribution in [2.75, 3.05) is 6.54 Å². The van der Waals surface area contributed by atoms with Crippen LogP contribution in [0.25, 0.3) is 10.9 Å². The molecule has 1 atom stereocenters. The van der Waals surface area contributed by atoms with Gasteiger partial charge < -0.3 is 4.90 Å². The molecule has 1 aliphatic rings. The van der Waals surface area contributed by atoms with Crippen molar-refractivity contribution in [2.45, 2.75) is 25.3 Å². The molecule has 100 valence electrons. The molecule has 1 saturated heterocycles. The van der Waals surface area contributed by atoms with Crippen molar-refractivity contribution in [2.24, 2.45) is 0 Å². The minimum atomic E-state index is -0.303. The van der Waals surface area contributed by atoms with Crippen LogP contribution in [-0.4, -0.2) is 28.4 Å². The van der Waals surface area contributed by atoms with Gasteiger partial charge in [0.1, 0.15) is 6.04 Å². The second-order valence-corrected chi connectivity index (χ2v) is 5.01. The molecule has 4 nitrogen and oxygen atoms in total. The molecule has 20 heavy (non-hydrogen) atoms. The third kappa shape index (κ3) is 2.12. The fourth-order valence-corrected chi connectivity index (χ4v) is 2.75. The Hall–Kier alpha value is -2.41. The highest BCUT2D eigenvalue weighted by Gasteiger charge is 2.28. The maximum Gasteiger partial charge on any atom is 0.255 e. The van der Waals surface area contributed by atoms with Crippen LogP contribution in [0.15, 0.2) is 36.5 Å². The lowest BCUT2D eigenvalue weighted by molar-refractivity contribution is 0.0672. The number of hydrogen-bond acceptors (Lipinski definition) is 3. The third-order valence-corrected chi connectivity index (χ3v) is 3.79. The minimum absolute atomic E-state index is 0.0603. The van der Waals surface area contributed by atoms with E-state index in [-0.39, 0.29) is 11.9 Å². The van der Waals surface area contributed by atoms with Gasteiger partial charge in [0.2, 0.25) is 0 Å². The maximum atomic E-state index is 12.7. The van der Waals surface area contributed by atoms with Gasteiger partial charge in [0, 0.05) is 23.7 Å². The Morgan fingerprint density at radius 3 is 3.05 bits per heavy atom. The molecule has 0 spiro atoms. The summed E-state index contributed by atoms with van der Waals surface area (Å²) >= 11 is 0. The Morgan fingerprint density at radius 2 is 2.20 bits per heavy atom. The molecule has 1 aromatic carbocycles. The fraction of sp³-hybridized carbons (Fsp3) is 0.312. The highest BCUT2D eigenvalue weighted by Crippen LogP contribution is 2.23. The Balaban J connectivity index is 2.02. The molecular weight excluding hydrogens is 250 g/mol. The van der Waals surface area contributed by atoms with Crippen LogP contribution in [0, 0.1) is 11.3 Å². The number of nitrogens with zero attached hydrogens (tertiary/aromatic N) is 3. The van der Waals surface area contributed by atoms with Crippen molar-refractivity contribution in [3.63, 3.8) is 0 Å². The van der Waals surface area contributed by atoms with E-state index in [9.17, 15) is 10.1 Å². The summed E-state index contributed by atoms with van der Waals surface area (Å²) in [6, 6.07) is 11.2. The van der Waals surface area contributed by atoms with Crippen LogP contribution < -0.4 is 0 Å². The van der Waals surface area contributed by atoms with Crippen molar-refractivity contribution in [3.8, 4) is 6.07 Å². The smallest absolute Gasteiger partial charge is 0.255 e. The van der Waals surface area contributed by atoms with E-state index in [1.165, 1.54) is 0 Å². The monoisotopic (exact) mass is 265 g/mol. The second kappa shape index (κ2) is 5.30. The van der Waals surface area contributed by atoms with E-state index in [1.807, 2.05) is 30.3 Å². The van der Waals surface area contributed by atoms with Crippen molar-refractivity contribution in [1.29, 1.82) is 5.26 Å². The predicted octanol–water partition coefficient (Wildman–Crippen LogP) is 2.75. The molecule has 3 rings (SSSR count).